The summed E-state index contributed by atoms with van der Waals surface area (Å²) in [7, 11) is 0. The summed E-state index contributed by atoms with van der Waals surface area (Å²) in [5, 5.41) is 7.98. The zero-order valence-electron chi connectivity index (χ0n) is 7.57. The lowest BCUT2D eigenvalue weighted by Crippen LogP contribution is -2.24. The molecule has 1 heterocycles. The molecule has 2 rings (SSSR count). The molecule has 1 aliphatic heterocycles. The molecule has 5 heteroatoms. The molecule has 1 aliphatic rings. The normalized spacial score (nSPS) is 19.8. The zero-order valence-corrected chi connectivity index (χ0v) is 8.38. The molecular weight excluding hydrogens is 219 g/mol. The topological polar surface area (TPSA) is 54.4 Å². The van der Waals surface area contributed by atoms with E-state index in [1.807, 2.05) is 0 Å². The number of ketones is 1. The Kier molecular flexibility index (Phi) is 2.48. The van der Waals surface area contributed by atoms with E-state index in [0.29, 0.717) is 10.5 Å². The van der Waals surface area contributed by atoms with E-state index in [-0.39, 0.29) is 12.2 Å². The van der Waals surface area contributed by atoms with E-state index in [4.69, 9.17) is 5.11 Å². The maximum absolute atomic E-state index is 12.9. The molecule has 78 valence electrons. The van der Waals surface area contributed by atoms with Crippen LogP contribution in [0.3, 0.4) is 0 Å². The maximum Gasteiger partial charge on any atom is 0.317 e. The molecule has 0 aliphatic carbocycles. The summed E-state index contributed by atoms with van der Waals surface area (Å²) in [4.78, 5) is 22.7. The Balaban J connectivity index is 2.41. The van der Waals surface area contributed by atoms with E-state index in [1.165, 1.54) is 18.2 Å². The zero-order chi connectivity index (χ0) is 11.0. The Morgan fingerprint density at radius 1 is 1.53 bits per heavy atom. The third-order valence-electron chi connectivity index (χ3n) is 2.16. The summed E-state index contributed by atoms with van der Waals surface area (Å²) in [5.41, 5.74) is 0.416. The van der Waals surface area contributed by atoms with E-state index in [2.05, 4.69) is 0 Å². The fourth-order valence-corrected chi connectivity index (χ4v) is 2.57. The molecule has 0 unspecified atom stereocenters. The molecule has 15 heavy (non-hydrogen) atoms. The molecular formula is C10H7FO3S. The minimum Gasteiger partial charge on any atom is -0.480 e. The van der Waals surface area contributed by atoms with Crippen LogP contribution in [0.4, 0.5) is 4.39 Å². The first-order valence-corrected chi connectivity index (χ1v) is 5.18. The Labute approximate surface area is 89.3 Å². The van der Waals surface area contributed by atoms with Crippen molar-refractivity contribution < 1.29 is 19.1 Å². The summed E-state index contributed by atoms with van der Waals surface area (Å²) in [5.74, 6) is -1.74. The van der Waals surface area contributed by atoms with Crippen LogP contribution >= 0.6 is 11.8 Å². The van der Waals surface area contributed by atoms with Crippen LogP contribution in [-0.4, -0.2) is 22.1 Å². The number of carbonyl (C=O) groups is 2. The molecule has 0 saturated carbocycles. The number of carboxylic acids is 1. The largest absolute Gasteiger partial charge is 0.480 e. The van der Waals surface area contributed by atoms with Gasteiger partial charge in [0, 0.05) is 16.9 Å². The highest BCUT2D eigenvalue weighted by atomic mass is 32.2. The van der Waals surface area contributed by atoms with Gasteiger partial charge in [0.25, 0.3) is 0 Å². The van der Waals surface area contributed by atoms with Crippen molar-refractivity contribution in [2.75, 3.05) is 0 Å². The molecule has 0 fully saturated rings. The molecule has 0 aromatic heterocycles. The van der Waals surface area contributed by atoms with Crippen LogP contribution in [0.5, 0.6) is 0 Å². The van der Waals surface area contributed by atoms with Crippen LogP contribution in [0.25, 0.3) is 0 Å². The number of fused-ring (bicyclic) bond motifs is 1. The average molecular weight is 226 g/mol. The van der Waals surface area contributed by atoms with Gasteiger partial charge < -0.3 is 5.11 Å². The van der Waals surface area contributed by atoms with Gasteiger partial charge in [-0.3, -0.25) is 9.59 Å². The van der Waals surface area contributed by atoms with Gasteiger partial charge >= 0.3 is 5.97 Å². The van der Waals surface area contributed by atoms with E-state index in [0.717, 1.165) is 11.8 Å². The van der Waals surface area contributed by atoms with Crippen LogP contribution in [0.2, 0.25) is 0 Å². The molecule has 1 atom stereocenters. The van der Waals surface area contributed by atoms with E-state index in [1.54, 1.807) is 0 Å². The van der Waals surface area contributed by atoms with Gasteiger partial charge in [0.05, 0.1) is 0 Å². The summed E-state index contributed by atoms with van der Waals surface area (Å²) in [6.45, 7) is 0. The number of benzene rings is 1. The number of carboxylic acid groups (broad SMARTS) is 1. The number of aliphatic carboxylic acids is 1. The first kappa shape index (κ1) is 10.2. The summed E-state index contributed by atoms with van der Waals surface area (Å²) >= 11 is 1.02. The van der Waals surface area contributed by atoms with Crippen LogP contribution in [0, 0.1) is 5.82 Å². The Morgan fingerprint density at radius 3 is 2.93 bits per heavy atom. The van der Waals surface area contributed by atoms with Gasteiger partial charge in [-0.2, -0.15) is 0 Å². The highest BCUT2D eigenvalue weighted by Crippen LogP contribution is 2.35. The van der Waals surface area contributed by atoms with Gasteiger partial charge in [-0.25, -0.2) is 4.39 Å². The van der Waals surface area contributed by atoms with E-state index >= 15 is 0 Å². The van der Waals surface area contributed by atoms with Crippen molar-refractivity contribution >= 4 is 23.5 Å². The molecule has 3 nitrogen and oxygen atoms in total. The van der Waals surface area contributed by atoms with Gasteiger partial charge in [-0.1, -0.05) is 0 Å². The predicted octanol–water partition coefficient (Wildman–Crippen LogP) is 1.96. The third-order valence-corrected chi connectivity index (χ3v) is 3.40. The van der Waals surface area contributed by atoms with Gasteiger partial charge in [0.1, 0.15) is 11.1 Å². The van der Waals surface area contributed by atoms with E-state index < -0.39 is 17.0 Å². The molecule has 0 radical (unpaired) electrons. The highest BCUT2D eigenvalue weighted by Gasteiger charge is 2.30. The maximum atomic E-state index is 12.9. The second-order valence-corrected chi connectivity index (χ2v) is 4.46. The Bertz CT molecular complexity index is 444. The lowest BCUT2D eigenvalue weighted by Gasteiger charge is -2.19. The Morgan fingerprint density at radius 2 is 2.27 bits per heavy atom. The van der Waals surface area contributed by atoms with Crippen molar-refractivity contribution in [3.63, 3.8) is 0 Å². The minimum atomic E-state index is -1.04. The fourth-order valence-electron chi connectivity index (χ4n) is 1.44. The number of halogens is 1. The molecule has 0 saturated heterocycles. The van der Waals surface area contributed by atoms with Crippen LogP contribution in [0.15, 0.2) is 23.1 Å². The summed E-state index contributed by atoms with van der Waals surface area (Å²) in [6, 6.07) is 3.81. The molecule has 0 spiro atoms. The molecule has 1 aromatic carbocycles. The smallest absolute Gasteiger partial charge is 0.317 e. The van der Waals surface area contributed by atoms with Crippen molar-refractivity contribution in [3.05, 3.63) is 29.6 Å². The average Bonchev–Trinajstić information content (AvgIpc) is 2.16. The molecule has 0 amide bonds. The monoisotopic (exact) mass is 226 g/mol. The quantitative estimate of drug-likeness (QED) is 0.795. The molecule has 1 N–H and O–H groups in total. The minimum absolute atomic E-state index is 0.0291. The molecule has 1 aromatic rings. The van der Waals surface area contributed by atoms with Gasteiger partial charge in [0.2, 0.25) is 0 Å². The van der Waals surface area contributed by atoms with Gasteiger partial charge in [-0.05, 0) is 18.2 Å². The number of hydrogen-bond donors (Lipinski definition) is 1. The number of thioether (sulfide) groups is 1. The van der Waals surface area contributed by atoms with Crippen LogP contribution in [-0.2, 0) is 4.79 Å². The standard InChI is InChI=1S/C10H7FO3S/c11-5-1-2-6-7(12)4-9(10(13)14)15-8(6)3-5/h1-3,9H,4H2,(H,13,14)/t9-/m1/s1. The van der Waals surface area contributed by atoms with Crippen molar-refractivity contribution in [1.82, 2.24) is 0 Å². The number of carbonyl (C=O) groups excluding carboxylic acids is 1. The molecule has 0 bridgehead atoms. The van der Waals surface area contributed by atoms with Crippen LogP contribution in [0.1, 0.15) is 16.8 Å². The first-order valence-electron chi connectivity index (χ1n) is 4.30. The van der Waals surface area contributed by atoms with Crippen molar-refractivity contribution in [1.29, 1.82) is 0 Å². The number of Topliss-reactive ketones (excluding diaryl/α,β-unsaturated/α-hetero) is 1. The highest BCUT2D eigenvalue weighted by molar-refractivity contribution is 8.00. The lowest BCUT2D eigenvalue weighted by molar-refractivity contribution is -0.136. The second kappa shape index (κ2) is 3.66. The van der Waals surface area contributed by atoms with Crippen LogP contribution < -0.4 is 0 Å². The van der Waals surface area contributed by atoms with Crippen molar-refractivity contribution in [3.8, 4) is 0 Å². The number of hydrogen-bond acceptors (Lipinski definition) is 3. The summed E-state index contributed by atoms with van der Waals surface area (Å²) in [6.07, 6.45) is -0.0291. The van der Waals surface area contributed by atoms with Gasteiger partial charge in [-0.15, -0.1) is 11.8 Å². The lowest BCUT2D eigenvalue weighted by atomic mass is 10.1. The third kappa shape index (κ3) is 1.87. The van der Waals surface area contributed by atoms with Gasteiger partial charge in [0.15, 0.2) is 5.78 Å². The SMILES string of the molecule is O=C1C[C@H](C(=O)O)Sc2cc(F)ccc21. The second-order valence-electron chi connectivity index (χ2n) is 3.21. The number of rotatable bonds is 1. The summed E-state index contributed by atoms with van der Waals surface area (Å²) < 4.78 is 12.9. The first-order chi connectivity index (χ1) is 7.08. The fraction of sp³-hybridized carbons (Fsp3) is 0.200. The Hall–Kier alpha value is -1.36. The van der Waals surface area contributed by atoms with Crippen molar-refractivity contribution in [2.45, 2.75) is 16.6 Å². The van der Waals surface area contributed by atoms with Crippen molar-refractivity contribution in [2.24, 2.45) is 0 Å². The predicted molar refractivity (Wildman–Crippen MR) is 52.6 cm³/mol. The van der Waals surface area contributed by atoms with E-state index in [9.17, 15) is 14.0 Å².